The number of amides is 1. The van der Waals surface area contributed by atoms with Gasteiger partial charge in [-0.15, -0.1) is 11.8 Å². The highest BCUT2D eigenvalue weighted by Crippen LogP contribution is 2.21. The molecule has 2 aromatic rings. The van der Waals surface area contributed by atoms with Crippen molar-refractivity contribution in [1.29, 1.82) is 0 Å². The van der Waals surface area contributed by atoms with E-state index in [4.69, 9.17) is 11.6 Å². The molecular weight excluding hydrogens is 402 g/mol. The van der Waals surface area contributed by atoms with E-state index in [1.54, 1.807) is 17.8 Å². The number of carbonyl (C=O) groups is 1. The molecule has 0 aliphatic carbocycles. The second-order valence-electron chi connectivity index (χ2n) is 6.92. The van der Waals surface area contributed by atoms with Crippen LogP contribution in [0.25, 0.3) is 0 Å². The van der Waals surface area contributed by atoms with Crippen molar-refractivity contribution in [1.82, 2.24) is 10.2 Å². The lowest BCUT2D eigenvalue weighted by molar-refractivity contribution is -0.121. The summed E-state index contributed by atoms with van der Waals surface area (Å²) in [7, 11) is 0. The van der Waals surface area contributed by atoms with Gasteiger partial charge in [0.05, 0.1) is 0 Å². The molecule has 0 bridgehead atoms. The van der Waals surface area contributed by atoms with E-state index in [-0.39, 0.29) is 11.9 Å². The molecule has 0 atom stereocenters. The Morgan fingerprint density at radius 1 is 1.11 bits per heavy atom. The maximum atomic E-state index is 13.3. The Morgan fingerprint density at radius 2 is 1.82 bits per heavy atom. The van der Waals surface area contributed by atoms with Crippen LogP contribution >= 0.6 is 23.4 Å². The molecule has 1 fully saturated rings. The molecule has 0 radical (unpaired) electrons. The third kappa shape index (κ3) is 6.47. The molecule has 1 aliphatic heterocycles. The smallest absolute Gasteiger partial charge is 0.221 e. The molecule has 1 amide bonds. The summed E-state index contributed by atoms with van der Waals surface area (Å²) in [5, 5.41) is 3.81. The van der Waals surface area contributed by atoms with Crippen LogP contribution in [-0.4, -0.2) is 35.7 Å². The van der Waals surface area contributed by atoms with Crippen LogP contribution in [0, 0.1) is 11.6 Å². The fourth-order valence-electron chi connectivity index (χ4n) is 3.22. The van der Waals surface area contributed by atoms with Gasteiger partial charge in [0.2, 0.25) is 5.91 Å². The lowest BCUT2D eigenvalue weighted by atomic mass is 10.0. The largest absolute Gasteiger partial charge is 0.353 e. The minimum absolute atomic E-state index is 0.0699. The molecule has 0 saturated carbocycles. The SMILES string of the molecule is O=C(CCSc1ccc(Cl)cc1)NC1CCN(Cc2ccc(F)c(F)c2)CC1. The summed E-state index contributed by atoms with van der Waals surface area (Å²) in [5.74, 6) is -0.835. The maximum absolute atomic E-state index is 13.3. The van der Waals surface area contributed by atoms with E-state index in [2.05, 4.69) is 10.2 Å². The van der Waals surface area contributed by atoms with Crippen molar-refractivity contribution < 1.29 is 13.6 Å². The maximum Gasteiger partial charge on any atom is 0.221 e. The molecule has 7 heteroatoms. The number of thioether (sulfide) groups is 1. The first kappa shape index (κ1) is 21.1. The van der Waals surface area contributed by atoms with E-state index >= 15 is 0 Å². The quantitative estimate of drug-likeness (QED) is 0.643. The van der Waals surface area contributed by atoms with Crippen LogP contribution in [0.15, 0.2) is 47.4 Å². The van der Waals surface area contributed by atoms with Crippen molar-refractivity contribution >= 4 is 29.3 Å². The number of rotatable bonds is 7. The standard InChI is InChI=1S/C21H23ClF2N2OS/c22-16-2-4-18(5-3-16)28-12-9-21(27)25-17-7-10-26(11-8-17)14-15-1-6-19(23)20(24)13-15/h1-6,13,17H,7-12,14H2,(H,25,27). The predicted octanol–water partition coefficient (Wildman–Crippen LogP) is 4.88. The zero-order chi connectivity index (χ0) is 19.9. The van der Waals surface area contributed by atoms with Gasteiger partial charge >= 0.3 is 0 Å². The first-order valence-electron chi connectivity index (χ1n) is 9.33. The van der Waals surface area contributed by atoms with Gasteiger partial charge in [-0.05, 0) is 54.8 Å². The zero-order valence-electron chi connectivity index (χ0n) is 15.5. The van der Waals surface area contributed by atoms with Gasteiger partial charge in [0.25, 0.3) is 0 Å². The number of nitrogens with zero attached hydrogens (tertiary/aromatic N) is 1. The molecule has 1 N–H and O–H groups in total. The van der Waals surface area contributed by atoms with E-state index in [1.807, 2.05) is 24.3 Å². The van der Waals surface area contributed by atoms with Gasteiger partial charge in [0, 0.05) is 47.8 Å². The normalized spacial score (nSPS) is 15.5. The van der Waals surface area contributed by atoms with Crippen LogP contribution < -0.4 is 5.32 Å². The highest BCUT2D eigenvalue weighted by Gasteiger charge is 2.21. The van der Waals surface area contributed by atoms with E-state index in [0.717, 1.165) is 42.1 Å². The lowest BCUT2D eigenvalue weighted by Crippen LogP contribution is -2.44. The van der Waals surface area contributed by atoms with Crippen molar-refractivity contribution in [2.24, 2.45) is 0 Å². The molecular formula is C21H23ClF2N2OS. The van der Waals surface area contributed by atoms with Crippen LogP contribution in [0.2, 0.25) is 5.02 Å². The molecule has 1 aliphatic rings. The van der Waals surface area contributed by atoms with Gasteiger partial charge in [-0.3, -0.25) is 9.69 Å². The fraction of sp³-hybridized carbons (Fsp3) is 0.381. The summed E-state index contributed by atoms with van der Waals surface area (Å²) in [6.45, 7) is 2.24. The van der Waals surface area contributed by atoms with E-state index < -0.39 is 11.6 Å². The summed E-state index contributed by atoms with van der Waals surface area (Å²) in [6, 6.07) is 11.8. The highest BCUT2D eigenvalue weighted by atomic mass is 35.5. The topological polar surface area (TPSA) is 32.3 Å². The molecule has 3 rings (SSSR count). The summed E-state index contributed by atoms with van der Waals surface area (Å²) in [6.07, 6.45) is 2.20. The van der Waals surface area contributed by atoms with E-state index in [9.17, 15) is 13.6 Å². The number of hydrogen-bond acceptors (Lipinski definition) is 3. The third-order valence-corrected chi connectivity index (χ3v) is 6.02. The third-order valence-electron chi connectivity index (χ3n) is 4.75. The van der Waals surface area contributed by atoms with Crippen molar-refractivity contribution in [2.75, 3.05) is 18.8 Å². The van der Waals surface area contributed by atoms with Crippen molar-refractivity contribution in [3.05, 3.63) is 64.7 Å². The number of piperidine rings is 1. The average Bonchev–Trinajstić information content (AvgIpc) is 2.68. The van der Waals surface area contributed by atoms with Crippen molar-refractivity contribution in [3.63, 3.8) is 0 Å². The minimum Gasteiger partial charge on any atom is -0.353 e. The van der Waals surface area contributed by atoms with Crippen LogP contribution in [0.1, 0.15) is 24.8 Å². The zero-order valence-corrected chi connectivity index (χ0v) is 17.0. The van der Waals surface area contributed by atoms with Crippen LogP contribution in [-0.2, 0) is 11.3 Å². The number of halogens is 3. The number of benzene rings is 2. The second kappa shape index (κ2) is 10.2. The lowest BCUT2D eigenvalue weighted by Gasteiger charge is -2.32. The first-order valence-corrected chi connectivity index (χ1v) is 10.7. The molecule has 1 saturated heterocycles. The summed E-state index contributed by atoms with van der Waals surface area (Å²) < 4.78 is 26.3. The highest BCUT2D eigenvalue weighted by molar-refractivity contribution is 7.99. The van der Waals surface area contributed by atoms with Crippen LogP contribution in [0.4, 0.5) is 8.78 Å². The number of nitrogens with one attached hydrogen (secondary N) is 1. The Bertz CT molecular complexity index is 795. The molecule has 0 spiro atoms. The van der Waals surface area contributed by atoms with Gasteiger partial charge in [0.1, 0.15) is 0 Å². The van der Waals surface area contributed by atoms with E-state index in [1.165, 1.54) is 12.1 Å². The number of hydrogen-bond donors (Lipinski definition) is 1. The summed E-state index contributed by atoms with van der Waals surface area (Å²) >= 11 is 7.50. The average molecular weight is 425 g/mol. The van der Waals surface area contributed by atoms with Crippen LogP contribution in [0.3, 0.4) is 0 Å². The van der Waals surface area contributed by atoms with E-state index in [0.29, 0.717) is 18.0 Å². The molecule has 2 aromatic carbocycles. The van der Waals surface area contributed by atoms with Crippen molar-refractivity contribution in [2.45, 2.75) is 36.7 Å². The van der Waals surface area contributed by atoms with Crippen LogP contribution in [0.5, 0.6) is 0 Å². The fourth-order valence-corrected chi connectivity index (χ4v) is 4.20. The minimum atomic E-state index is -0.820. The van der Waals surface area contributed by atoms with Crippen molar-refractivity contribution in [3.8, 4) is 0 Å². The Balaban J connectivity index is 1.34. The molecule has 28 heavy (non-hydrogen) atoms. The molecule has 150 valence electrons. The van der Waals surface area contributed by atoms with Gasteiger partial charge in [0.15, 0.2) is 11.6 Å². The van der Waals surface area contributed by atoms with Gasteiger partial charge in [-0.1, -0.05) is 17.7 Å². The molecule has 3 nitrogen and oxygen atoms in total. The molecule has 0 unspecified atom stereocenters. The Hall–Kier alpha value is -1.63. The van der Waals surface area contributed by atoms with Gasteiger partial charge in [-0.25, -0.2) is 8.78 Å². The predicted molar refractivity (Wildman–Crippen MR) is 110 cm³/mol. The Kier molecular flexibility index (Phi) is 7.71. The molecule has 0 aromatic heterocycles. The number of likely N-dealkylation sites (tertiary alicyclic amines) is 1. The number of carbonyl (C=O) groups excluding carboxylic acids is 1. The first-order chi connectivity index (χ1) is 13.5. The summed E-state index contributed by atoms with van der Waals surface area (Å²) in [5.41, 5.74) is 0.764. The second-order valence-corrected chi connectivity index (χ2v) is 8.52. The monoisotopic (exact) mass is 424 g/mol. The Labute approximate surface area is 173 Å². The summed E-state index contributed by atoms with van der Waals surface area (Å²) in [4.78, 5) is 15.5. The van der Waals surface area contributed by atoms with Gasteiger partial charge < -0.3 is 5.32 Å². The Morgan fingerprint density at radius 3 is 2.50 bits per heavy atom. The van der Waals surface area contributed by atoms with Gasteiger partial charge in [-0.2, -0.15) is 0 Å². The molecule has 1 heterocycles.